The van der Waals surface area contributed by atoms with Crippen LogP contribution in [0.2, 0.25) is 0 Å². The van der Waals surface area contributed by atoms with Gasteiger partial charge in [-0.25, -0.2) is 0 Å². The van der Waals surface area contributed by atoms with Gasteiger partial charge in [0.05, 0.1) is 0 Å². The van der Waals surface area contributed by atoms with Gasteiger partial charge in [0.15, 0.2) is 0 Å². The Morgan fingerprint density at radius 3 is 2.29 bits per heavy atom. The number of hydrogen-bond acceptors (Lipinski definition) is 3. The molecule has 4 nitrogen and oxygen atoms in total. The molecule has 0 heterocycles. The predicted octanol–water partition coefficient (Wildman–Crippen LogP) is 5.43. The van der Waals surface area contributed by atoms with Gasteiger partial charge in [0.25, 0.3) is 0 Å². The maximum Gasteiger partial charge on any atom is 0.243 e. The largest absolute Gasteiger partial charge is 0.352 e. The van der Waals surface area contributed by atoms with Crippen molar-refractivity contribution in [3.63, 3.8) is 0 Å². The minimum Gasteiger partial charge on any atom is -0.352 e. The van der Waals surface area contributed by atoms with E-state index in [1.165, 1.54) is 19.3 Å². The van der Waals surface area contributed by atoms with E-state index >= 15 is 0 Å². The third kappa shape index (κ3) is 7.42. The Labute approximate surface area is 190 Å². The molecule has 1 saturated carbocycles. The maximum atomic E-state index is 13.3. The lowest BCUT2D eigenvalue weighted by Crippen LogP contribution is -2.51. The standard InChI is InChI=1S/C26H34N2O2S/c1-2-24(26(30)27-22-14-8-4-9-15-22)28(20-21-12-6-3-7-13-21)25(29)18-19-31-23-16-10-5-11-17-23/h3,5-7,10-13,16-17,22,24H,2,4,8-9,14-15,18-20H2,1H3,(H,27,30)/t24-/m0/s1. The molecule has 1 fully saturated rings. The van der Waals surface area contributed by atoms with Crippen LogP contribution in [-0.2, 0) is 16.1 Å². The number of carbonyl (C=O) groups is 2. The third-order valence-corrected chi connectivity index (χ3v) is 6.87. The zero-order valence-corrected chi connectivity index (χ0v) is 19.3. The molecule has 0 bridgehead atoms. The molecular weight excluding hydrogens is 404 g/mol. The minimum absolute atomic E-state index is 0.00519. The van der Waals surface area contributed by atoms with Crippen LogP contribution in [0.25, 0.3) is 0 Å². The fourth-order valence-electron chi connectivity index (χ4n) is 4.16. The SMILES string of the molecule is CC[C@@H](C(=O)NC1CCCCC1)N(Cc1ccccc1)C(=O)CCSc1ccccc1. The van der Waals surface area contributed by atoms with Gasteiger partial charge >= 0.3 is 0 Å². The molecular formula is C26H34N2O2S. The summed E-state index contributed by atoms with van der Waals surface area (Å²) in [6.45, 7) is 2.46. The minimum atomic E-state index is -0.434. The summed E-state index contributed by atoms with van der Waals surface area (Å²) in [5, 5.41) is 3.23. The van der Waals surface area contributed by atoms with Gasteiger partial charge in [-0.15, -0.1) is 11.8 Å². The van der Waals surface area contributed by atoms with Crippen LogP contribution in [0.3, 0.4) is 0 Å². The molecule has 2 aromatic rings. The molecule has 31 heavy (non-hydrogen) atoms. The van der Waals surface area contributed by atoms with Gasteiger partial charge in [0, 0.05) is 29.7 Å². The zero-order chi connectivity index (χ0) is 21.9. The first-order chi connectivity index (χ1) is 15.2. The normalized spacial score (nSPS) is 15.3. The average molecular weight is 439 g/mol. The van der Waals surface area contributed by atoms with Crippen LogP contribution in [0.1, 0.15) is 57.4 Å². The summed E-state index contributed by atoms with van der Waals surface area (Å²) >= 11 is 1.68. The predicted molar refractivity (Wildman–Crippen MR) is 128 cm³/mol. The van der Waals surface area contributed by atoms with E-state index in [-0.39, 0.29) is 17.9 Å². The summed E-state index contributed by atoms with van der Waals surface area (Å²) < 4.78 is 0. The summed E-state index contributed by atoms with van der Waals surface area (Å²) in [5.74, 6) is 0.738. The Kier molecular flexibility index (Phi) is 9.47. The Morgan fingerprint density at radius 2 is 1.65 bits per heavy atom. The number of carbonyl (C=O) groups excluding carboxylic acids is 2. The van der Waals surface area contributed by atoms with E-state index < -0.39 is 6.04 Å². The van der Waals surface area contributed by atoms with Gasteiger partial charge in [0.2, 0.25) is 11.8 Å². The molecule has 3 rings (SSSR count). The summed E-state index contributed by atoms with van der Waals surface area (Å²) in [6.07, 6.45) is 6.71. The van der Waals surface area contributed by atoms with Crippen molar-refractivity contribution in [3.8, 4) is 0 Å². The zero-order valence-electron chi connectivity index (χ0n) is 18.5. The van der Waals surface area contributed by atoms with Crippen molar-refractivity contribution in [2.45, 2.75) is 75.4 Å². The van der Waals surface area contributed by atoms with Crippen LogP contribution in [0.15, 0.2) is 65.6 Å². The molecule has 0 saturated heterocycles. The highest BCUT2D eigenvalue weighted by Gasteiger charge is 2.30. The third-order valence-electron chi connectivity index (χ3n) is 5.86. The Bertz CT molecular complexity index is 807. The van der Waals surface area contributed by atoms with Crippen molar-refractivity contribution in [2.24, 2.45) is 0 Å². The fraction of sp³-hybridized carbons (Fsp3) is 0.462. The highest BCUT2D eigenvalue weighted by atomic mass is 32.2. The number of nitrogens with one attached hydrogen (secondary N) is 1. The molecule has 5 heteroatoms. The van der Waals surface area contributed by atoms with Crippen molar-refractivity contribution in [1.82, 2.24) is 10.2 Å². The van der Waals surface area contributed by atoms with Gasteiger partial charge < -0.3 is 10.2 Å². The lowest BCUT2D eigenvalue weighted by molar-refractivity contribution is -0.141. The molecule has 0 spiro atoms. The van der Waals surface area contributed by atoms with Crippen LogP contribution < -0.4 is 5.32 Å². The van der Waals surface area contributed by atoms with Crippen molar-refractivity contribution >= 4 is 23.6 Å². The number of amides is 2. The van der Waals surface area contributed by atoms with E-state index in [9.17, 15) is 9.59 Å². The summed E-state index contributed by atoms with van der Waals surface area (Å²) in [4.78, 5) is 29.4. The van der Waals surface area contributed by atoms with Crippen LogP contribution in [0.4, 0.5) is 0 Å². The first-order valence-electron chi connectivity index (χ1n) is 11.5. The molecule has 2 amide bonds. The molecule has 0 aromatic heterocycles. The van der Waals surface area contributed by atoms with E-state index in [4.69, 9.17) is 0 Å². The van der Waals surface area contributed by atoms with Crippen LogP contribution in [0.5, 0.6) is 0 Å². The van der Waals surface area contributed by atoms with E-state index in [1.807, 2.05) is 55.5 Å². The Balaban J connectivity index is 1.67. The smallest absolute Gasteiger partial charge is 0.243 e. The van der Waals surface area contributed by atoms with Crippen molar-refractivity contribution in [2.75, 3.05) is 5.75 Å². The number of benzene rings is 2. The van der Waals surface area contributed by atoms with Gasteiger partial charge in [0.1, 0.15) is 6.04 Å². The number of rotatable bonds is 10. The second kappa shape index (κ2) is 12.6. The van der Waals surface area contributed by atoms with Crippen molar-refractivity contribution < 1.29 is 9.59 Å². The first-order valence-corrected chi connectivity index (χ1v) is 12.5. The topological polar surface area (TPSA) is 49.4 Å². The summed E-state index contributed by atoms with van der Waals surface area (Å²) in [5.41, 5.74) is 1.05. The maximum absolute atomic E-state index is 13.3. The van der Waals surface area contributed by atoms with Crippen LogP contribution >= 0.6 is 11.8 Å². The number of thioether (sulfide) groups is 1. The van der Waals surface area contributed by atoms with Gasteiger partial charge in [-0.3, -0.25) is 9.59 Å². The van der Waals surface area contributed by atoms with Crippen LogP contribution in [-0.4, -0.2) is 34.6 Å². The summed E-state index contributed by atoms with van der Waals surface area (Å²) in [6, 6.07) is 19.9. The second-order valence-corrected chi connectivity index (χ2v) is 9.35. The highest BCUT2D eigenvalue weighted by molar-refractivity contribution is 7.99. The average Bonchev–Trinajstić information content (AvgIpc) is 2.81. The molecule has 0 radical (unpaired) electrons. The molecule has 166 valence electrons. The number of hydrogen-bond donors (Lipinski definition) is 1. The molecule has 1 N–H and O–H groups in total. The highest BCUT2D eigenvalue weighted by Crippen LogP contribution is 2.21. The Morgan fingerprint density at radius 1 is 1.00 bits per heavy atom. The van der Waals surface area contributed by atoms with Crippen molar-refractivity contribution in [1.29, 1.82) is 0 Å². The van der Waals surface area contributed by atoms with Crippen molar-refractivity contribution in [3.05, 3.63) is 66.2 Å². The molecule has 0 unspecified atom stereocenters. The quantitative estimate of drug-likeness (QED) is 0.504. The number of nitrogens with zero attached hydrogens (tertiary/aromatic N) is 1. The van der Waals surface area contributed by atoms with E-state index in [2.05, 4.69) is 17.4 Å². The van der Waals surface area contributed by atoms with Gasteiger partial charge in [-0.2, -0.15) is 0 Å². The lowest BCUT2D eigenvalue weighted by atomic mass is 9.95. The molecule has 1 atom stereocenters. The van der Waals surface area contributed by atoms with E-state index in [1.54, 1.807) is 16.7 Å². The second-order valence-electron chi connectivity index (χ2n) is 8.19. The van der Waals surface area contributed by atoms with E-state index in [0.717, 1.165) is 23.3 Å². The molecule has 2 aromatic carbocycles. The van der Waals surface area contributed by atoms with Crippen LogP contribution in [0, 0.1) is 0 Å². The molecule has 1 aliphatic rings. The molecule has 0 aliphatic heterocycles. The first kappa shape index (κ1) is 23.4. The summed E-state index contributed by atoms with van der Waals surface area (Å²) in [7, 11) is 0. The van der Waals surface area contributed by atoms with E-state index in [0.29, 0.717) is 25.1 Å². The van der Waals surface area contributed by atoms with Gasteiger partial charge in [-0.1, -0.05) is 74.7 Å². The Hall–Kier alpha value is -2.27. The lowest BCUT2D eigenvalue weighted by Gasteiger charge is -2.33. The van der Waals surface area contributed by atoms with Gasteiger partial charge in [-0.05, 0) is 37.0 Å². The molecule has 1 aliphatic carbocycles. The fourth-order valence-corrected chi connectivity index (χ4v) is 5.02. The monoisotopic (exact) mass is 438 g/mol.